The maximum absolute atomic E-state index is 13.4. The van der Waals surface area contributed by atoms with Crippen molar-refractivity contribution in [1.82, 2.24) is 4.98 Å². The van der Waals surface area contributed by atoms with Gasteiger partial charge in [-0.25, -0.2) is 4.39 Å². The van der Waals surface area contributed by atoms with Gasteiger partial charge in [-0.15, -0.1) is 0 Å². The summed E-state index contributed by atoms with van der Waals surface area (Å²) in [6.45, 7) is 3.45. The Morgan fingerprint density at radius 1 is 1.06 bits per heavy atom. The normalized spacial score (nSPS) is 10.4. The topological polar surface area (TPSA) is 32.9 Å². The standard InChI is InChI=1S/C13H12FNO/c1-8-3-4-10(6-12(8)14)11-5-9(2)13(16)15-7-11/h3-7H,1-2H3,(H,15,16). The van der Waals surface area contributed by atoms with Crippen LogP contribution in [0.5, 0.6) is 0 Å². The fraction of sp³-hybridized carbons (Fsp3) is 0.154. The summed E-state index contributed by atoms with van der Waals surface area (Å²) in [5, 5.41) is 0. The van der Waals surface area contributed by atoms with Crippen LogP contribution in [0.25, 0.3) is 11.1 Å². The molecule has 2 aromatic rings. The van der Waals surface area contributed by atoms with Crippen molar-refractivity contribution < 1.29 is 4.39 Å². The molecule has 3 heteroatoms. The van der Waals surface area contributed by atoms with E-state index in [0.717, 1.165) is 11.1 Å². The predicted molar refractivity (Wildman–Crippen MR) is 61.9 cm³/mol. The molecular weight excluding hydrogens is 205 g/mol. The molecule has 1 N–H and O–H groups in total. The van der Waals surface area contributed by atoms with Crippen molar-refractivity contribution in [3.05, 3.63) is 57.8 Å². The van der Waals surface area contributed by atoms with Gasteiger partial charge in [0.05, 0.1) is 0 Å². The van der Waals surface area contributed by atoms with E-state index < -0.39 is 0 Å². The lowest BCUT2D eigenvalue weighted by atomic mass is 10.0. The molecule has 0 fully saturated rings. The van der Waals surface area contributed by atoms with E-state index in [9.17, 15) is 9.18 Å². The van der Waals surface area contributed by atoms with Gasteiger partial charge in [-0.2, -0.15) is 0 Å². The number of hydrogen-bond acceptors (Lipinski definition) is 1. The maximum Gasteiger partial charge on any atom is 0.250 e. The number of aromatic nitrogens is 1. The maximum atomic E-state index is 13.4. The van der Waals surface area contributed by atoms with E-state index in [1.807, 2.05) is 6.07 Å². The highest BCUT2D eigenvalue weighted by Crippen LogP contribution is 2.20. The van der Waals surface area contributed by atoms with Crippen molar-refractivity contribution in [3.8, 4) is 11.1 Å². The summed E-state index contributed by atoms with van der Waals surface area (Å²) in [6.07, 6.45) is 1.60. The first-order valence-corrected chi connectivity index (χ1v) is 5.04. The highest BCUT2D eigenvalue weighted by atomic mass is 19.1. The van der Waals surface area contributed by atoms with Crippen molar-refractivity contribution in [2.75, 3.05) is 0 Å². The molecule has 16 heavy (non-hydrogen) atoms. The van der Waals surface area contributed by atoms with Crippen LogP contribution in [-0.4, -0.2) is 4.98 Å². The first kappa shape index (κ1) is 10.6. The van der Waals surface area contributed by atoms with E-state index in [1.165, 1.54) is 6.07 Å². The van der Waals surface area contributed by atoms with Crippen molar-refractivity contribution >= 4 is 0 Å². The zero-order valence-electron chi connectivity index (χ0n) is 9.17. The van der Waals surface area contributed by atoms with E-state index in [4.69, 9.17) is 0 Å². The third-order valence-electron chi connectivity index (χ3n) is 2.59. The third kappa shape index (κ3) is 1.89. The van der Waals surface area contributed by atoms with Gasteiger partial charge >= 0.3 is 0 Å². The molecule has 2 nitrogen and oxygen atoms in total. The van der Waals surface area contributed by atoms with Gasteiger partial charge in [-0.1, -0.05) is 12.1 Å². The molecule has 2 rings (SSSR count). The van der Waals surface area contributed by atoms with Crippen LogP contribution in [0.3, 0.4) is 0 Å². The first-order valence-electron chi connectivity index (χ1n) is 5.04. The Kier molecular flexibility index (Phi) is 2.60. The van der Waals surface area contributed by atoms with Crippen LogP contribution in [0.15, 0.2) is 35.3 Å². The van der Waals surface area contributed by atoms with Crippen LogP contribution in [0.4, 0.5) is 4.39 Å². The Labute approximate surface area is 92.8 Å². The number of pyridine rings is 1. The van der Waals surface area contributed by atoms with E-state index in [0.29, 0.717) is 11.1 Å². The third-order valence-corrected chi connectivity index (χ3v) is 2.59. The van der Waals surface area contributed by atoms with Gasteiger partial charge < -0.3 is 4.98 Å². The average molecular weight is 217 g/mol. The number of nitrogens with one attached hydrogen (secondary N) is 1. The molecule has 0 bridgehead atoms. The monoisotopic (exact) mass is 217 g/mol. The Balaban J connectivity index is 2.54. The van der Waals surface area contributed by atoms with Crippen LogP contribution >= 0.6 is 0 Å². The molecule has 0 atom stereocenters. The molecule has 0 spiro atoms. The van der Waals surface area contributed by atoms with Gasteiger partial charge in [-0.3, -0.25) is 4.79 Å². The summed E-state index contributed by atoms with van der Waals surface area (Å²) in [7, 11) is 0. The number of aryl methyl sites for hydroxylation is 2. The van der Waals surface area contributed by atoms with Gasteiger partial charge in [-0.05, 0) is 42.7 Å². The first-order chi connectivity index (χ1) is 7.58. The fourth-order valence-corrected chi connectivity index (χ4v) is 1.54. The quantitative estimate of drug-likeness (QED) is 0.782. The van der Waals surface area contributed by atoms with Crippen LogP contribution in [0.1, 0.15) is 11.1 Å². The van der Waals surface area contributed by atoms with Crippen molar-refractivity contribution in [3.63, 3.8) is 0 Å². The van der Waals surface area contributed by atoms with E-state index in [1.54, 1.807) is 32.2 Å². The molecule has 0 amide bonds. The Hall–Kier alpha value is -1.90. The molecule has 0 saturated heterocycles. The Bertz CT molecular complexity index is 587. The zero-order valence-corrected chi connectivity index (χ0v) is 9.17. The SMILES string of the molecule is Cc1ccc(-c2c[nH]c(=O)c(C)c2)cc1F. The molecule has 0 unspecified atom stereocenters. The molecule has 0 aliphatic carbocycles. The largest absolute Gasteiger partial charge is 0.328 e. The fourth-order valence-electron chi connectivity index (χ4n) is 1.54. The van der Waals surface area contributed by atoms with E-state index in [-0.39, 0.29) is 11.4 Å². The van der Waals surface area contributed by atoms with Crippen LogP contribution in [-0.2, 0) is 0 Å². The smallest absolute Gasteiger partial charge is 0.250 e. The molecular formula is C13H12FNO. The van der Waals surface area contributed by atoms with Crippen molar-refractivity contribution in [1.29, 1.82) is 0 Å². The van der Waals surface area contributed by atoms with E-state index in [2.05, 4.69) is 4.98 Å². The van der Waals surface area contributed by atoms with Crippen LogP contribution in [0, 0.1) is 19.7 Å². The number of H-pyrrole nitrogens is 1. The number of aromatic amines is 1. The summed E-state index contributed by atoms with van der Waals surface area (Å²) in [6, 6.07) is 6.79. The second-order valence-electron chi connectivity index (χ2n) is 3.86. The number of hydrogen-bond donors (Lipinski definition) is 1. The highest BCUT2D eigenvalue weighted by molar-refractivity contribution is 5.63. The van der Waals surface area contributed by atoms with E-state index >= 15 is 0 Å². The second kappa shape index (κ2) is 3.93. The predicted octanol–water partition coefficient (Wildman–Crippen LogP) is 2.80. The molecule has 1 aromatic heterocycles. The van der Waals surface area contributed by atoms with Gasteiger partial charge in [0, 0.05) is 11.8 Å². The van der Waals surface area contributed by atoms with Crippen LogP contribution in [0.2, 0.25) is 0 Å². The number of benzene rings is 1. The van der Waals surface area contributed by atoms with Gasteiger partial charge in [0.25, 0.3) is 5.56 Å². The minimum Gasteiger partial charge on any atom is -0.328 e. The molecule has 1 aromatic carbocycles. The summed E-state index contributed by atoms with van der Waals surface area (Å²) < 4.78 is 13.4. The van der Waals surface area contributed by atoms with Gasteiger partial charge in [0.2, 0.25) is 0 Å². The van der Waals surface area contributed by atoms with Crippen LogP contribution < -0.4 is 5.56 Å². The summed E-state index contributed by atoms with van der Waals surface area (Å²) in [5.41, 5.74) is 2.71. The van der Waals surface area contributed by atoms with Gasteiger partial charge in [0.15, 0.2) is 0 Å². The minimum absolute atomic E-state index is 0.115. The zero-order chi connectivity index (χ0) is 11.7. The second-order valence-corrected chi connectivity index (χ2v) is 3.86. The molecule has 82 valence electrons. The van der Waals surface area contributed by atoms with Crippen molar-refractivity contribution in [2.24, 2.45) is 0 Å². The number of rotatable bonds is 1. The lowest BCUT2D eigenvalue weighted by Crippen LogP contribution is -2.07. The van der Waals surface area contributed by atoms with Crippen molar-refractivity contribution in [2.45, 2.75) is 13.8 Å². The molecule has 0 aliphatic rings. The van der Waals surface area contributed by atoms with Gasteiger partial charge in [0.1, 0.15) is 5.82 Å². The average Bonchev–Trinajstić information content (AvgIpc) is 2.26. The Morgan fingerprint density at radius 2 is 1.81 bits per heavy atom. The lowest BCUT2D eigenvalue weighted by Gasteiger charge is -2.04. The highest BCUT2D eigenvalue weighted by Gasteiger charge is 2.03. The summed E-state index contributed by atoms with van der Waals surface area (Å²) in [5.74, 6) is -0.235. The number of halogens is 1. The molecule has 1 heterocycles. The summed E-state index contributed by atoms with van der Waals surface area (Å²) in [4.78, 5) is 13.8. The Morgan fingerprint density at radius 3 is 2.44 bits per heavy atom. The minimum atomic E-state index is -0.235. The molecule has 0 radical (unpaired) electrons. The lowest BCUT2D eigenvalue weighted by molar-refractivity contribution is 0.619. The molecule has 0 aliphatic heterocycles. The molecule has 0 saturated carbocycles. The summed E-state index contributed by atoms with van der Waals surface area (Å²) >= 11 is 0.